The summed E-state index contributed by atoms with van der Waals surface area (Å²) < 4.78 is 28.2. The van der Waals surface area contributed by atoms with Crippen LogP contribution in [-0.4, -0.2) is 19.9 Å². The van der Waals surface area contributed by atoms with E-state index >= 15 is 0 Å². The molecule has 1 aromatic heterocycles. The number of hydrogen-bond donors (Lipinski definition) is 3. The molecule has 114 valence electrons. The molecule has 2 aromatic rings. The number of nitrogens with one attached hydrogen (secondary N) is 3. The lowest BCUT2D eigenvalue weighted by atomic mass is 10.2. The first-order valence-electron chi connectivity index (χ1n) is 6.59. The molecule has 0 saturated carbocycles. The smallest absolute Gasteiger partial charge is 0.263 e. The van der Waals surface area contributed by atoms with Crippen molar-refractivity contribution in [3.05, 3.63) is 46.2 Å². The van der Waals surface area contributed by atoms with Crippen molar-refractivity contribution in [1.82, 2.24) is 10.3 Å². The molecule has 2 rings (SSSR count). The van der Waals surface area contributed by atoms with Crippen LogP contribution in [0.15, 0.2) is 39.8 Å². The molecule has 0 aliphatic carbocycles. The third-order valence-corrected chi connectivity index (χ3v) is 4.87. The van der Waals surface area contributed by atoms with E-state index in [-0.39, 0.29) is 4.90 Å². The van der Waals surface area contributed by atoms with Crippen LogP contribution < -0.4 is 10.0 Å². The fourth-order valence-electron chi connectivity index (χ4n) is 1.84. The minimum absolute atomic E-state index is 0.231. The summed E-state index contributed by atoms with van der Waals surface area (Å²) in [6.07, 6.45) is 1.50. The Labute approximate surface area is 133 Å². The number of aromatic amines is 1. The molecule has 0 fully saturated rings. The van der Waals surface area contributed by atoms with Gasteiger partial charge in [-0.3, -0.25) is 4.72 Å². The average Bonchev–Trinajstić information content (AvgIpc) is 2.90. The summed E-state index contributed by atoms with van der Waals surface area (Å²) >= 11 is 3.34. The first-order valence-corrected chi connectivity index (χ1v) is 8.87. The van der Waals surface area contributed by atoms with Gasteiger partial charge < -0.3 is 10.3 Å². The van der Waals surface area contributed by atoms with Crippen molar-refractivity contribution in [2.45, 2.75) is 25.3 Å². The number of rotatable bonds is 6. The number of sulfonamides is 1. The van der Waals surface area contributed by atoms with Gasteiger partial charge in [0.1, 0.15) is 4.90 Å². The predicted molar refractivity (Wildman–Crippen MR) is 87.9 cm³/mol. The molecule has 0 aliphatic rings. The second kappa shape index (κ2) is 6.64. The highest BCUT2D eigenvalue weighted by Gasteiger charge is 2.17. The molecule has 0 atom stereocenters. The fourth-order valence-corrected chi connectivity index (χ4v) is 3.34. The summed E-state index contributed by atoms with van der Waals surface area (Å²) in [4.78, 5) is 3.20. The summed E-state index contributed by atoms with van der Waals surface area (Å²) in [6.45, 7) is 5.30. The molecule has 21 heavy (non-hydrogen) atoms. The van der Waals surface area contributed by atoms with Crippen LogP contribution >= 0.6 is 15.9 Å². The molecule has 0 aliphatic heterocycles. The minimum atomic E-state index is -3.59. The van der Waals surface area contributed by atoms with E-state index in [2.05, 4.69) is 31.0 Å². The minimum Gasteiger partial charge on any atom is -0.363 e. The molecule has 0 amide bonds. The zero-order valence-corrected chi connectivity index (χ0v) is 14.3. The standard InChI is InChI=1S/C14H18BrN3O2S/c1-3-16-8-12-7-13(9-17-12)21(19,20)18-14-6-11(15)5-4-10(14)2/h4-7,9,16-18H,3,8H2,1-2H3. The van der Waals surface area contributed by atoms with Gasteiger partial charge in [0.2, 0.25) is 0 Å². The number of halogens is 1. The summed E-state index contributed by atoms with van der Waals surface area (Å²) in [5.41, 5.74) is 2.27. The summed E-state index contributed by atoms with van der Waals surface area (Å²) in [5.74, 6) is 0. The highest BCUT2D eigenvalue weighted by molar-refractivity contribution is 9.10. The highest BCUT2D eigenvalue weighted by Crippen LogP contribution is 2.24. The molecule has 0 spiro atoms. The van der Waals surface area contributed by atoms with E-state index in [1.807, 2.05) is 26.0 Å². The summed E-state index contributed by atoms with van der Waals surface area (Å²) in [6, 6.07) is 7.12. The van der Waals surface area contributed by atoms with Crippen molar-refractivity contribution in [2.75, 3.05) is 11.3 Å². The molecule has 7 heteroatoms. The van der Waals surface area contributed by atoms with Crippen LogP contribution in [0.5, 0.6) is 0 Å². The molecular weight excluding hydrogens is 354 g/mol. The van der Waals surface area contributed by atoms with Crippen molar-refractivity contribution in [1.29, 1.82) is 0 Å². The number of H-pyrrole nitrogens is 1. The Bertz CT molecular complexity index is 726. The van der Waals surface area contributed by atoms with Gasteiger partial charge in [-0.05, 0) is 37.2 Å². The number of aromatic nitrogens is 1. The molecular formula is C14H18BrN3O2S. The summed E-state index contributed by atoms with van der Waals surface area (Å²) in [5, 5.41) is 3.14. The first-order chi connectivity index (χ1) is 9.92. The molecule has 0 radical (unpaired) electrons. The topological polar surface area (TPSA) is 74.0 Å². The average molecular weight is 372 g/mol. The number of benzene rings is 1. The zero-order chi connectivity index (χ0) is 15.5. The maximum Gasteiger partial charge on any atom is 0.263 e. The van der Waals surface area contributed by atoms with Crippen LogP contribution in [0.1, 0.15) is 18.2 Å². The van der Waals surface area contributed by atoms with Gasteiger partial charge >= 0.3 is 0 Å². The van der Waals surface area contributed by atoms with E-state index < -0.39 is 10.0 Å². The van der Waals surface area contributed by atoms with Crippen LogP contribution in [0.3, 0.4) is 0 Å². The van der Waals surface area contributed by atoms with E-state index in [0.29, 0.717) is 12.2 Å². The van der Waals surface area contributed by atoms with Gasteiger partial charge in [-0.25, -0.2) is 8.42 Å². The SMILES string of the molecule is CCNCc1cc(S(=O)(=O)Nc2cc(Br)ccc2C)c[nH]1. The second-order valence-electron chi connectivity index (χ2n) is 4.71. The molecule has 3 N–H and O–H groups in total. The van der Waals surface area contributed by atoms with Crippen LogP contribution in [-0.2, 0) is 16.6 Å². The normalized spacial score (nSPS) is 11.6. The largest absolute Gasteiger partial charge is 0.363 e. The van der Waals surface area contributed by atoms with E-state index in [0.717, 1.165) is 22.3 Å². The lowest BCUT2D eigenvalue weighted by molar-refractivity contribution is 0.601. The molecule has 0 bridgehead atoms. The number of hydrogen-bond acceptors (Lipinski definition) is 3. The number of anilines is 1. The van der Waals surface area contributed by atoms with Crippen molar-refractivity contribution < 1.29 is 8.42 Å². The third-order valence-electron chi connectivity index (χ3n) is 3.04. The Balaban J connectivity index is 2.22. The van der Waals surface area contributed by atoms with Gasteiger partial charge in [-0.2, -0.15) is 0 Å². The molecule has 5 nitrogen and oxygen atoms in total. The van der Waals surface area contributed by atoms with Gasteiger partial charge in [0.15, 0.2) is 0 Å². The summed E-state index contributed by atoms with van der Waals surface area (Å²) in [7, 11) is -3.59. The Morgan fingerprint density at radius 2 is 2.05 bits per heavy atom. The third kappa shape index (κ3) is 4.09. The number of aryl methyl sites for hydroxylation is 1. The Hall–Kier alpha value is -1.31. The van der Waals surface area contributed by atoms with Crippen LogP contribution in [0.25, 0.3) is 0 Å². The maximum atomic E-state index is 12.4. The van der Waals surface area contributed by atoms with E-state index in [1.165, 1.54) is 6.20 Å². The zero-order valence-electron chi connectivity index (χ0n) is 11.9. The van der Waals surface area contributed by atoms with Gasteiger partial charge in [-0.1, -0.05) is 28.9 Å². The highest BCUT2D eigenvalue weighted by atomic mass is 79.9. The van der Waals surface area contributed by atoms with Crippen molar-refractivity contribution in [2.24, 2.45) is 0 Å². The van der Waals surface area contributed by atoms with Crippen LogP contribution in [0.4, 0.5) is 5.69 Å². The maximum absolute atomic E-state index is 12.4. The van der Waals surface area contributed by atoms with E-state index in [1.54, 1.807) is 12.1 Å². The van der Waals surface area contributed by atoms with Gasteiger partial charge in [0, 0.05) is 22.9 Å². The van der Waals surface area contributed by atoms with Gasteiger partial charge in [-0.15, -0.1) is 0 Å². The Morgan fingerprint density at radius 1 is 1.29 bits per heavy atom. The quantitative estimate of drug-likeness (QED) is 0.730. The van der Waals surface area contributed by atoms with E-state index in [4.69, 9.17) is 0 Å². The predicted octanol–water partition coefficient (Wildman–Crippen LogP) is 3.00. The van der Waals surface area contributed by atoms with Crippen LogP contribution in [0, 0.1) is 6.92 Å². The second-order valence-corrected chi connectivity index (χ2v) is 7.30. The van der Waals surface area contributed by atoms with E-state index in [9.17, 15) is 8.42 Å². The van der Waals surface area contributed by atoms with Gasteiger partial charge in [0.25, 0.3) is 10.0 Å². The van der Waals surface area contributed by atoms with Gasteiger partial charge in [0.05, 0.1) is 5.69 Å². The molecule has 0 saturated heterocycles. The fraction of sp³-hybridized carbons (Fsp3) is 0.286. The van der Waals surface area contributed by atoms with Crippen molar-refractivity contribution in [3.63, 3.8) is 0 Å². The molecule has 0 unspecified atom stereocenters. The lowest BCUT2D eigenvalue weighted by Crippen LogP contribution is -2.13. The first kappa shape index (κ1) is 16.1. The Kier molecular flexibility index (Phi) is 5.08. The molecule has 1 aromatic carbocycles. The Morgan fingerprint density at radius 3 is 2.76 bits per heavy atom. The van der Waals surface area contributed by atoms with Crippen molar-refractivity contribution in [3.8, 4) is 0 Å². The van der Waals surface area contributed by atoms with Crippen LogP contribution in [0.2, 0.25) is 0 Å². The van der Waals surface area contributed by atoms with Crippen molar-refractivity contribution >= 4 is 31.6 Å². The molecule has 1 heterocycles. The lowest BCUT2D eigenvalue weighted by Gasteiger charge is -2.09. The monoisotopic (exact) mass is 371 g/mol.